The quantitative estimate of drug-likeness (QED) is 0.0824. The van der Waals surface area contributed by atoms with Crippen LogP contribution in [0.15, 0.2) is 31.0 Å². The van der Waals surface area contributed by atoms with Crippen LogP contribution in [0.3, 0.4) is 0 Å². The molecule has 0 aliphatic rings. The van der Waals surface area contributed by atoms with Crippen molar-refractivity contribution in [1.82, 2.24) is 15.0 Å². The van der Waals surface area contributed by atoms with E-state index in [4.69, 9.17) is 0 Å². The van der Waals surface area contributed by atoms with Crippen LogP contribution >= 0.6 is 114 Å². The lowest BCUT2D eigenvalue weighted by atomic mass is 10.0. The number of unbranched alkanes of at least 4 members (excludes halogenated alkanes) is 1. The molecule has 0 bridgehead atoms. The molecule has 0 N–H and O–H groups in total. The first kappa shape index (κ1) is 40.4. The summed E-state index contributed by atoms with van der Waals surface area (Å²) in [6.45, 7) is 5.98. The summed E-state index contributed by atoms with van der Waals surface area (Å²) < 4.78 is 0. The number of hydrogen-bond acceptors (Lipinski definition) is 12. The minimum atomic E-state index is 0.615. The maximum Gasteiger partial charge on any atom is 0.0578 e. The standard InChI is InChI=1S/C12H19NS3.C10H13NS3.C8H11NS3/c1-2-3-4-11-9(6-14)5-10(7-15)13-12(11)8-16;1-2-9-7(4-12)3-8(5-13)11-10(9)6-14;10-3-6-1-7(4-11)8(5-12)9-2-6/h5,14-16H,2-4,6-8H2,1H3;2-3,12-14H,1,4-6H2;1-2,10-12H,3-5H2. The molecule has 0 saturated heterocycles. The Bertz CT molecular complexity index is 1190. The molecule has 0 saturated carbocycles. The fourth-order valence-corrected chi connectivity index (χ4v) is 6.12. The molecule has 3 heterocycles. The van der Waals surface area contributed by atoms with Gasteiger partial charge in [-0.2, -0.15) is 114 Å². The molecule has 3 aromatic heterocycles. The SMILES string of the molecule is C=Cc1c(CS)cc(CS)nc1CS.CCCCc1c(CS)cc(CS)nc1CS.SCc1cnc(CS)c(CS)c1. The first-order chi connectivity index (χ1) is 20.3. The maximum atomic E-state index is 4.58. The van der Waals surface area contributed by atoms with E-state index in [0.717, 1.165) is 68.6 Å². The lowest BCUT2D eigenvalue weighted by Gasteiger charge is -2.13. The number of pyridine rings is 3. The van der Waals surface area contributed by atoms with Crippen molar-refractivity contribution in [3.8, 4) is 0 Å². The van der Waals surface area contributed by atoms with E-state index < -0.39 is 0 Å². The van der Waals surface area contributed by atoms with E-state index in [1.807, 2.05) is 18.3 Å². The monoisotopic (exact) mass is 733 g/mol. The highest BCUT2D eigenvalue weighted by atomic mass is 32.1. The van der Waals surface area contributed by atoms with Crippen LogP contribution in [-0.2, 0) is 58.2 Å². The van der Waals surface area contributed by atoms with Crippen molar-refractivity contribution >= 4 is 120 Å². The van der Waals surface area contributed by atoms with Crippen LogP contribution in [0.25, 0.3) is 6.08 Å². The third-order valence-electron chi connectivity index (χ3n) is 6.20. The van der Waals surface area contributed by atoms with Crippen molar-refractivity contribution in [3.63, 3.8) is 0 Å². The number of rotatable bonds is 13. The van der Waals surface area contributed by atoms with Gasteiger partial charge in [-0.3, -0.25) is 15.0 Å². The van der Waals surface area contributed by atoms with Crippen LogP contribution < -0.4 is 0 Å². The van der Waals surface area contributed by atoms with Crippen molar-refractivity contribution in [2.24, 2.45) is 0 Å². The van der Waals surface area contributed by atoms with E-state index in [1.165, 1.54) is 24.0 Å². The average molecular weight is 734 g/mol. The second kappa shape index (κ2) is 23.6. The van der Waals surface area contributed by atoms with Gasteiger partial charge in [0.05, 0.1) is 28.5 Å². The smallest absolute Gasteiger partial charge is 0.0578 e. The third-order valence-corrected chi connectivity index (χ3v) is 9.13. The highest BCUT2D eigenvalue weighted by Crippen LogP contribution is 2.22. The molecule has 3 rings (SSSR count). The van der Waals surface area contributed by atoms with Gasteiger partial charge in [-0.05, 0) is 52.8 Å². The summed E-state index contributed by atoms with van der Waals surface area (Å²) in [5, 5.41) is 0. The van der Waals surface area contributed by atoms with E-state index in [0.29, 0.717) is 40.3 Å². The number of thiol groups is 9. The van der Waals surface area contributed by atoms with Crippen molar-refractivity contribution in [2.45, 2.75) is 78.0 Å². The zero-order valence-corrected chi connectivity index (χ0v) is 32.0. The van der Waals surface area contributed by atoms with E-state index in [-0.39, 0.29) is 0 Å². The van der Waals surface area contributed by atoms with E-state index >= 15 is 0 Å². The van der Waals surface area contributed by atoms with Crippen LogP contribution in [-0.4, -0.2) is 15.0 Å². The highest BCUT2D eigenvalue weighted by Gasteiger charge is 2.10. The Morgan fingerprint density at radius 2 is 1.17 bits per heavy atom. The van der Waals surface area contributed by atoms with Crippen molar-refractivity contribution in [1.29, 1.82) is 0 Å². The molecule has 0 radical (unpaired) electrons. The molecule has 3 aromatic rings. The summed E-state index contributed by atoms with van der Waals surface area (Å²) in [6, 6.07) is 6.22. The van der Waals surface area contributed by atoms with Crippen LogP contribution in [0.5, 0.6) is 0 Å². The third kappa shape index (κ3) is 13.0. The van der Waals surface area contributed by atoms with Crippen molar-refractivity contribution in [2.75, 3.05) is 0 Å². The minimum absolute atomic E-state index is 0.615. The topological polar surface area (TPSA) is 38.7 Å². The first-order valence-corrected chi connectivity index (χ1v) is 19.1. The van der Waals surface area contributed by atoms with Crippen LogP contribution in [0.2, 0.25) is 0 Å². The van der Waals surface area contributed by atoms with Gasteiger partial charge in [-0.15, -0.1) is 0 Å². The lowest BCUT2D eigenvalue weighted by Crippen LogP contribution is -2.04. The molecule has 0 aromatic carbocycles. The largest absolute Gasteiger partial charge is 0.260 e. The van der Waals surface area contributed by atoms with Gasteiger partial charge in [-0.1, -0.05) is 32.1 Å². The minimum Gasteiger partial charge on any atom is -0.260 e. The summed E-state index contributed by atoms with van der Waals surface area (Å²) in [5.74, 6) is 6.18. The van der Waals surface area contributed by atoms with Gasteiger partial charge in [0.1, 0.15) is 0 Å². The normalized spacial score (nSPS) is 10.4. The summed E-state index contributed by atoms with van der Waals surface area (Å²) in [4.78, 5) is 13.3. The summed E-state index contributed by atoms with van der Waals surface area (Å²) >= 11 is 38.3. The molecule has 0 aliphatic heterocycles. The Labute approximate surface area is 302 Å². The number of aromatic nitrogens is 3. The predicted molar refractivity (Wildman–Crippen MR) is 216 cm³/mol. The maximum absolute atomic E-state index is 4.58. The zero-order valence-electron chi connectivity index (χ0n) is 23.9. The zero-order chi connectivity index (χ0) is 31.5. The van der Waals surface area contributed by atoms with E-state index in [1.54, 1.807) is 0 Å². The van der Waals surface area contributed by atoms with Crippen molar-refractivity contribution in [3.05, 3.63) is 92.8 Å². The summed E-state index contributed by atoms with van der Waals surface area (Å²) in [6.07, 6.45) is 7.13. The summed E-state index contributed by atoms with van der Waals surface area (Å²) in [5.41, 5.74) is 12.2. The van der Waals surface area contributed by atoms with Gasteiger partial charge in [-0.25, -0.2) is 0 Å². The fraction of sp³-hybridized carbons (Fsp3) is 0.433. The lowest BCUT2D eigenvalue weighted by molar-refractivity contribution is 0.778. The van der Waals surface area contributed by atoms with E-state index in [9.17, 15) is 0 Å². The Hall–Kier alpha value is 0.340. The molecular weight excluding hydrogens is 691 g/mol. The molecular formula is C30H43N3S9. The Morgan fingerprint density at radius 3 is 1.62 bits per heavy atom. The van der Waals surface area contributed by atoms with Gasteiger partial charge >= 0.3 is 0 Å². The average Bonchev–Trinajstić information content (AvgIpc) is 3.06. The van der Waals surface area contributed by atoms with Gasteiger partial charge in [0.15, 0.2) is 0 Å². The number of hydrogen-bond donors (Lipinski definition) is 9. The second-order valence-corrected chi connectivity index (χ2v) is 11.9. The molecule has 12 heteroatoms. The van der Waals surface area contributed by atoms with E-state index in [2.05, 4.69) is 154 Å². The van der Waals surface area contributed by atoms with Crippen molar-refractivity contribution < 1.29 is 0 Å². The van der Waals surface area contributed by atoms with Gasteiger partial charge in [0.2, 0.25) is 0 Å². The molecule has 0 aliphatic carbocycles. The predicted octanol–water partition coefficient (Wildman–Crippen LogP) is 9.10. The van der Waals surface area contributed by atoms with Gasteiger partial charge in [0.25, 0.3) is 0 Å². The molecule has 0 unspecified atom stereocenters. The molecule has 0 spiro atoms. The molecule has 232 valence electrons. The molecule has 42 heavy (non-hydrogen) atoms. The fourth-order valence-electron chi connectivity index (χ4n) is 4.02. The number of nitrogens with zero attached hydrogens (tertiary/aromatic N) is 3. The van der Waals surface area contributed by atoms with Crippen LogP contribution in [0.1, 0.15) is 81.6 Å². The Morgan fingerprint density at radius 1 is 0.619 bits per heavy atom. The van der Waals surface area contributed by atoms with Gasteiger partial charge in [0, 0.05) is 63.5 Å². The molecule has 0 atom stereocenters. The van der Waals surface area contributed by atoms with Crippen LogP contribution in [0.4, 0.5) is 0 Å². The Balaban J connectivity index is 0.000000318. The second-order valence-electron chi connectivity index (χ2n) is 9.01. The molecule has 0 amide bonds. The Kier molecular flexibility index (Phi) is 22.7. The highest BCUT2D eigenvalue weighted by molar-refractivity contribution is 7.80. The van der Waals surface area contributed by atoms with Gasteiger partial charge < -0.3 is 0 Å². The first-order valence-electron chi connectivity index (χ1n) is 13.4. The molecule has 0 fully saturated rings. The summed E-state index contributed by atoms with van der Waals surface area (Å²) in [7, 11) is 0. The van der Waals surface area contributed by atoms with Crippen LogP contribution in [0, 0.1) is 0 Å². The molecule has 3 nitrogen and oxygen atoms in total.